The number of aryl methyl sites for hydroxylation is 1. The molecule has 0 aromatic heterocycles. The maximum absolute atomic E-state index is 13.1. The Morgan fingerprint density at radius 1 is 1.03 bits per heavy atom. The number of nitrogens with zero attached hydrogens (tertiary/aromatic N) is 3. The second kappa shape index (κ2) is 8.05. The van der Waals surface area contributed by atoms with E-state index < -0.39 is 6.04 Å². The Balaban J connectivity index is 1.46. The van der Waals surface area contributed by atoms with Gasteiger partial charge in [-0.05, 0) is 36.8 Å². The highest BCUT2D eigenvalue weighted by Crippen LogP contribution is 2.31. The second-order valence-corrected chi connectivity index (χ2v) is 7.82. The first kappa shape index (κ1) is 19.7. The van der Waals surface area contributed by atoms with Crippen molar-refractivity contribution in [2.45, 2.75) is 19.4 Å². The van der Waals surface area contributed by atoms with Gasteiger partial charge in [0.1, 0.15) is 5.75 Å². The summed E-state index contributed by atoms with van der Waals surface area (Å²) in [5.74, 6) is 0.503. The third-order valence-electron chi connectivity index (χ3n) is 5.72. The van der Waals surface area contributed by atoms with Gasteiger partial charge in [-0.15, -0.1) is 0 Å². The van der Waals surface area contributed by atoms with Crippen LogP contribution >= 0.6 is 11.6 Å². The van der Waals surface area contributed by atoms with Crippen LogP contribution in [0, 0.1) is 6.92 Å². The summed E-state index contributed by atoms with van der Waals surface area (Å²) in [4.78, 5) is 31.3. The number of benzene rings is 2. The molecule has 2 saturated heterocycles. The van der Waals surface area contributed by atoms with Gasteiger partial charge in [0, 0.05) is 31.2 Å². The van der Waals surface area contributed by atoms with E-state index in [-0.39, 0.29) is 18.2 Å². The molecule has 0 aliphatic carbocycles. The summed E-state index contributed by atoms with van der Waals surface area (Å²) in [5, 5.41) is 0.553. The van der Waals surface area contributed by atoms with Crippen LogP contribution < -0.4 is 14.5 Å². The molecule has 2 heterocycles. The topological polar surface area (TPSA) is 53.1 Å². The number of rotatable bonds is 4. The first-order chi connectivity index (χ1) is 14.0. The number of anilines is 2. The Kier molecular flexibility index (Phi) is 5.48. The number of imide groups is 1. The molecule has 0 saturated carbocycles. The molecule has 2 aromatic rings. The molecule has 6 nitrogen and oxygen atoms in total. The molecule has 2 aliphatic rings. The summed E-state index contributed by atoms with van der Waals surface area (Å²) >= 11 is 6.20. The fourth-order valence-electron chi connectivity index (χ4n) is 4.06. The number of piperazine rings is 1. The van der Waals surface area contributed by atoms with E-state index in [1.807, 2.05) is 37.3 Å². The number of methoxy groups -OCH3 is 1. The van der Waals surface area contributed by atoms with Gasteiger partial charge < -0.3 is 9.64 Å². The van der Waals surface area contributed by atoms with Crippen molar-refractivity contribution in [1.82, 2.24) is 4.90 Å². The molecule has 7 heteroatoms. The molecule has 2 aromatic carbocycles. The molecule has 2 fully saturated rings. The number of hydrogen-bond acceptors (Lipinski definition) is 5. The summed E-state index contributed by atoms with van der Waals surface area (Å²) in [6.07, 6.45) is 0.207. The minimum Gasteiger partial charge on any atom is -0.495 e. The van der Waals surface area contributed by atoms with E-state index in [1.165, 1.54) is 4.90 Å². The first-order valence-corrected chi connectivity index (χ1v) is 10.1. The number of para-hydroxylation sites is 2. The lowest BCUT2D eigenvalue weighted by Gasteiger charge is -2.38. The Hall–Kier alpha value is -2.57. The number of ether oxygens (including phenoxy) is 1. The predicted octanol–water partition coefficient (Wildman–Crippen LogP) is 3.11. The second-order valence-electron chi connectivity index (χ2n) is 7.42. The van der Waals surface area contributed by atoms with Gasteiger partial charge in [0.25, 0.3) is 5.91 Å². The molecule has 0 radical (unpaired) electrons. The molecule has 0 unspecified atom stereocenters. The quantitative estimate of drug-likeness (QED) is 0.721. The van der Waals surface area contributed by atoms with Gasteiger partial charge in [-0.1, -0.05) is 29.8 Å². The van der Waals surface area contributed by atoms with Crippen LogP contribution in [-0.2, 0) is 9.59 Å². The number of amides is 2. The zero-order chi connectivity index (χ0) is 20.5. The third-order valence-corrected chi connectivity index (χ3v) is 6.12. The van der Waals surface area contributed by atoms with Crippen molar-refractivity contribution < 1.29 is 14.3 Å². The van der Waals surface area contributed by atoms with Crippen LogP contribution in [0.5, 0.6) is 5.75 Å². The molecule has 0 N–H and O–H groups in total. The minimum atomic E-state index is -0.414. The van der Waals surface area contributed by atoms with Crippen LogP contribution in [0.1, 0.15) is 12.0 Å². The van der Waals surface area contributed by atoms with Gasteiger partial charge in [0.15, 0.2) is 0 Å². The van der Waals surface area contributed by atoms with Gasteiger partial charge in [-0.3, -0.25) is 14.5 Å². The minimum absolute atomic E-state index is 0.166. The fourth-order valence-corrected chi connectivity index (χ4v) is 4.23. The number of hydrogen-bond donors (Lipinski definition) is 0. The van der Waals surface area contributed by atoms with E-state index in [2.05, 4.69) is 9.80 Å². The highest BCUT2D eigenvalue weighted by atomic mass is 35.5. The molecule has 1 atom stereocenters. The predicted molar refractivity (Wildman–Crippen MR) is 114 cm³/mol. The molecule has 152 valence electrons. The summed E-state index contributed by atoms with van der Waals surface area (Å²) in [5.41, 5.74) is 2.52. The molecule has 4 rings (SSSR count). The van der Waals surface area contributed by atoms with E-state index in [0.717, 1.165) is 30.1 Å². The monoisotopic (exact) mass is 413 g/mol. The van der Waals surface area contributed by atoms with Crippen molar-refractivity contribution in [3.05, 3.63) is 53.1 Å². The normalized spacial score (nSPS) is 20.4. The maximum atomic E-state index is 13.1. The lowest BCUT2D eigenvalue weighted by Crippen LogP contribution is -2.52. The number of carbonyl (C=O) groups is 2. The zero-order valence-electron chi connectivity index (χ0n) is 16.6. The average molecular weight is 414 g/mol. The average Bonchev–Trinajstić information content (AvgIpc) is 3.04. The fraction of sp³-hybridized carbons (Fsp3) is 0.364. The number of halogens is 1. The third kappa shape index (κ3) is 3.70. The summed E-state index contributed by atoms with van der Waals surface area (Å²) in [7, 11) is 1.67. The van der Waals surface area contributed by atoms with Crippen molar-refractivity contribution in [2.75, 3.05) is 43.1 Å². The van der Waals surface area contributed by atoms with Crippen LogP contribution in [0.4, 0.5) is 11.4 Å². The summed E-state index contributed by atoms with van der Waals surface area (Å²) in [6.45, 7) is 4.86. The van der Waals surface area contributed by atoms with Gasteiger partial charge in [-0.25, -0.2) is 4.90 Å². The van der Waals surface area contributed by atoms with Crippen molar-refractivity contribution in [3.63, 3.8) is 0 Å². The van der Waals surface area contributed by atoms with E-state index in [0.29, 0.717) is 23.8 Å². The number of carbonyl (C=O) groups excluding carboxylic acids is 2. The molecular formula is C22H24ClN3O3. The van der Waals surface area contributed by atoms with Gasteiger partial charge >= 0.3 is 0 Å². The maximum Gasteiger partial charge on any atom is 0.251 e. The molecule has 0 spiro atoms. The molecular weight excluding hydrogens is 390 g/mol. The standard InChI is InChI=1S/C22H24ClN3O3/c1-15-7-8-16(13-17(15)23)26-21(27)14-19(22(26)28)25-11-9-24(10-12-25)18-5-3-4-6-20(18)29-2/h3-8,13,19H,9-12,14H2,1-2H3/t19-/m1/s1. The molecule has 29 heavy (non-hydrogen) atoms. The van der Waals surface area contributed by atoms with Gasteiger partial charge in [-0.2, -0.15) is 0 Å². The summed E-state index contributed by atoms with van der Waals surface area (Å²) in [6, 6.07) is 12.8. The Morgan fingerprint density at radius 2 is 1.76 bits per heavy atom. The van der Waals surface area contributed by atoms with Crippen LogP contribution in [0.2, 0.25) is 5.02 Å². The summed E-state index contributed by atoms with van der Waals surface area (Å²) < 4.78 is 5.47. The van der Waals surface area contributed by atoms with Crippen molar-refractivity contribution in [3.8, 4) is 5.75 Å². The highest BCUT2D eigenvalue weighted by Gasteiger charge is 2.43. The van der Waals surface area contributed by atoms with Crippen LogP contribution in [0.3, 0.4) is 0 Å². The zero-order valence-corrected chi connectivity index (χ0v) is 17.4. The Morgan fingerprint density at radius 3 is 2.45 bits per heavy atom. The van der Waals surface area contributed by atoms with Crippen LogP contribution in [0.15, 0.2) is 42.5 Å². The van der Waals surface area contributed by atoms with Crippen molar-refractivity contribution in [1.29, 1.82) is 0 Å². The molecule has 0 bridgehead atoms. The molecule has 2 aliphatic heterocycles. The Labute approximate surface area is 175 Å². The SMILES string of the molecule is COc1ccccc1N1CCN([C@@H]2CC(=O)N(c3ccc(C)c(Cl)c3)C2=O)CC1. The van der Waals surface area contributed by atoms with Crippen molar-refractivity contribution >= 4 is 34.8 Å². The van der Waals surface area contributed by atoms with Gasteiger partial charge in [0.2, 0.25) is 5.91 Å². The van der Waals surface area contributed by atoms with E-state index in [4.69, 9.17) is 16.3 Å². The van der Waals surface area contributed by atoms with E-state index in [9.17, 15) is 9.59 Å². The molecule has 2 amide bonds. The van der Waals surface area contributed by atoms with Crippen molar-refractivity contribution in [2.24, 2.45) is 0 Å². The lowest BCUT2D eigenvalue weighted by atomic mass is 10.1. The van der Waals surface area contributed by atoms with Gasteiger partial charge in [0.05, 0.1) is 30.9 Å². The Bertz CT molecular complexity index is 941. The van der Waals surface area contributed by atoms with E-state index >= 15 is 0 Å². The lowest BCUT2D eigenvalue weighted by molar-refractivity contribution is -0.123. The van der Waals surface area contributed by atoms with Crippen LogP contribution in [-0.4, -0.2) is 56.0 Å². The van der Waals surface area contributed by atoms with Crippen LogP contribution in [0.25, 0.3) is 0 Å². The highest BCUT2D eigenvalue weighted by molar-refractivity contribution is 6.32. The first-order valence-electron chi connectivity index (χ1n) is 9.74. The smallest absolute Gasteiger partial charge is 0.251 e. The largest absolute Gasteiger partial charge is 0.495 e. The van der Waals surface area contributed by atoms with E-state index in [1.54, 1.807) is 19.2 Å².